The van der Waals surface area contributed by atoms with Crippen molar-refractivity contribution in [3.8, 4) is 0 Å². The van der Waals surface area contributed by atoms with E-state index < -0.39 is 35.9 Å². The van der Waals surface area contributed by atoms with Crippen molar-refractivity contribution in [3.63, 3.8) is 0 Å². The van der Waals surface area contributed by atoms with Crippen molar-refractivity contribution < 1.29 is 19.3 Å². The molecule has 0 amide bonds. The highest BCUT2D eigenvalue weighted by atomic mass is 16.8. The van der Waals surface area contributed by atoms with E-state index >= 15 is 0 Å². The van der Waals surface area contributed by atoms with E-state index in [1.165, 1.54) is 12.7 Å². The Balaban J connectivity index is 1.76. The third-order valence-electron chi connectivity index (χ3n) is 4.41. The monoisotopic (exact) mass is 378 g/mol. The van der Waals surface area contributed by atoms with Gasteiger partial charge in [-0.3, -0.25) is 14.3 Å². The molecule has 0 spiro atoms. The Morgan fingerprint density at radius 3 is 2.85 bits per heavy atom. The van der Waals surface area contributed by atoms with Crippen molar-refractivity contribution in [1.29, 1.82) is 0 Å². The summed E-state index contributed by atoms with van der Waals surface area (Å²) in [5, 5.41) is 9.64. The van der Waals surface area contributed by atoms with E-state index in [0.29, 0.717) is 5.65 Å². The first-order valence-corrected chi connectivity index (χ1v) is 8.58. The summed E-state index contributed by atoms with van der Waals surface area (Å²) in [7, 11) is 3.62. The Bertz CT molecular complexity index is 935. The number of nitrogens with zero attached hydrogens (tertiary/aromatic N) is 5. The average molecular weight is 378 g/mol. The smallest absolute Gasteiger partial charge is 0.280 e. The molecule has 2 fully saturated rings. The maximum Gasteiger partial charge on any atom is 0.280 e. The fourth-order valence-corrected chi connectivity index (χ4v) is 3.36. The number of fused-ring (bicyclic) bond motifs is 2. The molecule has 27 heavy (non-hydrogen) atoms. The third kappa shape index (κ3) is 3.12. The number of ether oxygens (including phenoxy) is 3. The summed E-state index contributed by atoms with van der Waals surface area (Å²) >= 11 is 0. The minimum absolute atomic E-state index is 0.153. The molecule has 2 N–H and O–H groups in total. The summed E-state index contributed by atoms with van der Waals surface area (Å²) < 4.78 is 19.4. The van der Waals surface area contributed by atoms with Crippen LogP contribution >= 0.6 is 0 Å². The lowest BCUT2D eigenvalue weighted by Crippen LogP contribution is -2.31. The second-order valence-electron chi connectivity index (χ2n) is 7.23. The van der Waals surface area contributed by atoms with Crippen LogP contribution in [0, 0.1) is 0 Å². The molecule has 4 unspecified atom stereocenters. The number of aromatic nitrogens is 4. The summed E-state index contributed by atoms with van der Waals surface area (Å²) in [4.78, 5) is 29.3. The molecule has 0 saturated carbocycles. The molecular formula is C16H22N6O5. The van der Waals surface area contributed by atoms with Crippen LogP contribution in [0.2, 0.25) is 0 Å². The summed E-state index contributed by atoms with van der Waals surface area (Å²) in [6, 6.07) is 0. The van der Waals surface area contributed by atoms with Crippen molar-refractivity contribution >= 4 is 23.5 Å². The highest BCUT2D eigenvalue weighted by Crippen LogP contribution is 2.43. The Morgan fingerprint density at radius 2 is 2.15 bits per heavy atom. The van der Waals surface area contributed by atoms with Crippen LogP contribution in [-0.2, 0) is 14.2 Å². The molecule has 4 rings (SSSR count). The zero-order valence-corrected chi connectivity index (χ0v) is 15.5. The molecule has 0 aromatic carbocycles. The van der Waals surface area contributed by atoms with Gasteiger partial charge in [0.15, 0.2) is 23.2 Å². The predicted molar refractivity (Wildman–Crippen MR) is 94.8 cm³/mol. The molecule has 2 saturated heterocycles. The topological polar surface area (TPSA) is 127 Å². The lowest BCUT2D eigenvalue weighted by atomic mass is 10.1. The second-order valence-corrected chi connectivity index (χ2v) is 7.23. The molecule has 11 nitrogen and oxygen atoms in total. The highest BCUT2D eigenvalue weighted by molar-refractivity contribution is 5.71. The summed E-state index contributed by atoms with van der Waals surface area (Å²) in [6.07, 6.45) is 0.921. The Kier molecular flexibility index (Phi) is 4.26. The van der Waals surface area contributed by atoms with Gasteiger partial charge in [0.25, 0.3) is 5.56 Å². The van der Waals surface area contributed by atoms with E-state index in [0.717, 1.165) is 0 Å². The number of rotatable bonds is 4. The molecule has 2 aliphatic rings. The Morgan fingerprint density at radius 1 is 1.41 bits per heavy atom. The van der Waals surface area contributed by atoms with Gasteiger partial charge < -0.3 is 24.2 Å². The van der Waals surface area contributed by atoms with Crippen LogP contribution in [-0.4, -0.2) is 80.7 Å². The number of hydrogen-bond donors (Lipinski definition) is 2. The van der Waals surface area contributed by atoms with E-state index in [2.05, 4.69) is 19.9 Å². The normalized spacial score (nSPS) is 29.7. The van der Waals surface area contributed by atoms with Crippen molar-refractivity contribution in [3.05, 3.63) is 16.7 Å². The molecule has 11 heteroatoms. The second kappa shape index (κ2) is 6.37. The largest absolute Gasteiger partial charge is 0.394 e. The first-order chi connectivity index (χ1) is 12.8. The number of imidazole rings is 1. The van der Waals surface area contributed by atoms with Gasteiger partial charge in [-0.15, -0.1) is 0 Å². The van der Waals surface area contributed by atoms with Crippen molar-refractivity contribution in [2.24, 2.45) is 4.99 Å². The van der Waals surface area contributed by atoms with Crippen LogP contribution in [0.3, 0.4) is 0 Å². The number of nitrogens with one attached hydrogen (secondary N) is 1. The van der Waals surface area contributed by atoms with E-state index in [4.69, 9.17) is 14.2 Å². The van der Waals surface area contributed by atoms with Gasteiger partial charge in [0.2, 0.25) is 5.95 Å². The summed E-state index contributed by atoms with van der Waals surface area (Å²) in [6.45, 7) is 3.40. The molecule has 4 atom stereocenters. The van der Waals surface area contributed by atoms with Gasteiger partial charge in [-0.25, -0.2) is 9.98 Å². The first-order valence-electron chi connectivity index (χ1n) is 8.58. The number of aromatic amines is 1. The minimum Gasteiger partial charge on any atom is -0.394 e. The van der Waals surface area contributed by atoms with Crippen molar-refractivity contribution in [1.82, 2.24) is 24.4 Å². The number of aliphatic hydroxyl groups excluding tert-OH is 1. The van der Waals surface area contributed by atoms with Crippen molar-refractivity contribution in [2.75, 3.05) is 20.7 Å². The van der Waals surface area contributed by atoms with Gasteiger partial charge in [0.1, 0.15) is 18.3 Å². The van der Waals surface area contributed by atoms with Crippen LogP contribution < -0.4 is 5.56 Å². The number of hydrogen-bond acceptors (Lipinski definition) is 8. The van der Waals surface area contributed by atoms with Crippen molar-refractivity contribution in [2.45, 2.75) is 44.2 Å². The number of aliphatic imine (C=N–C) groups is 1. The van der Waals surface area contributed by atoms with E-state index in [1.807, 2.05) is 14.1 Å². The zero-order chi connectivity index (χ0) is 19.3. The molecule has 0 radical (unpaired) electrons. The zero-order valence-electron chi connectivity index (χ0n) is 15.5. The maximum absolute atomic E-state index is 12.3. The lowest BCUT2D eigenvalue weighted by Gasteiger charge is -2.24. The van der Waals surface area contributed by atoms with E-state index in [9.17, 15) is 9.90 Å². The Labute approximate surface area is 154 Å². The molecule has 146 valence electrons. The van der Waals surface area contributed by atoms with E-state index in [-0.39, 0.29) is 18.1 Å². The lowest BCUT2D eigenvalue weighted by molar-refractivity contribution is -0.199. The van der Waals surface area contributed by atoms with Gasteiger partial charge >= 0.3 is 0 Å². The van der Waals surface area contributed by atoms with Gasteiger partial charge in [-0.05, 0) is 13.8 Å². The third-order valence-corrected chi connectivity index (χ3v) is 4.41. The standard InChI is InChI=1S/C16H22N6O5/c1-16(2)26-10-8(5-23)25-14(11(10)27-16)22-7-17-9-12(22)19-15(20-13(9)24)18-6-21(3)4/h6-8,10-11,14,23H,5H2,1-4H3,(H,19,20,24)/b18-6+. The van der Waals surface area contributed by atoms with Crippen LogP contribution in [0.4, 0.5) is 5.95 Å². The summed E-state index contributed by atoms with van der Waals surface area (Å²) in [5.41, 5.74) is 0.0895. The van der Waals surface area contributed by atoms with E-state index in [1.54, 1.807) is 23.3 Å². The van der Waals surface area contributed by atoms with Gasteiger partial charge in [-0.1, -0.05) is 0 Å². The van der Waals surface area contributed by atoms with Crippen LogP contribution in [0.25, 0.3) is 11.2 Å². The van der Waals surface area contributed by atoms with Crippen LogP contribution in [0.5, 0.6) is 0 Å². The molecule has 0 aliphatic carbocycles. The molecule has 2 aromatic heterocycles. The fraction of sp³-hybridized carbons (Fsp3) is 0.625. The molecule has 2 aliphatic heterocycles. The minimum atomic E-state index is -0.798. The maximum atomic E-state index is 12.3. The summed E-state index contributed by atoms with van der Waals surface area (Å²) in [5.74, 6) is -0.645. The number of H-pyrrole nitrogens is 1. The molecule has 0 bridgehead atoms. The first kappa shape index (κ1) is 18.0. The SMILES string of the molecule is CN(C)/C=N/c1nc2c(ncn2C2OC(CO)C3OC(C)(C)OC32)c(=O)[nH]1. The van der Waals surface area contributed by atoms with Gasteiger partial charge in [0.05, 0.1) is 19.3 Å². The fourth-order valence-electron chi connectivity index (χ4n) is 3.36. The van der Waals surface area contributed by atoms with Gasteiger partial charge in [-0.2, -0.15) is 4.98 Å². The Hall–Kier alpha value is -2.34. The number of aliphatic hydroxyl groups is 1. The predicted octanol–water partition coefficient (Wildman–Crippen LogP) is -0.249. The highest BCUT2D eigenvalue weighted by Gasteiger charge is 2.56. The molecule has 4 heterocycles. The molecular weight excluding hydrogens is 356 g/mol. The quantitative estimate of drug-likeness (QED) is 0.551. The van der Waals surface area contributed by atoms with Crippen LogP contribution in [0.15, 0.2) is 16.1 Å². The average Bonchev–Trinajstić information content (AvgIpc) is 3.23. The van der Waals surface area contributed by atoms with Gasteiger partial charge in [0, 0.05) is 14.1 Å². The molecule has 2 aromatic rings. The van der Waals surface area contributed by atoms with Crippen LogP contribution in [0.1, 0.15) is 20.1 Å².